The Morgan fingerprint density at radius 3 is 2.52 bits per heavy atom. The number of rotatable bonds is 3. The van der Waals surface area contributed by atoms with Crippen LogP contribution in [0.2, 0.25) is 10.2 Å². The van der Waals surface area contributed by atoms with Crippen LogP contribution in [0.15, 0.2) is 42.6 Å². The molecule has 0 fully saturated rings. The third kappa shape index (κ3) is 3.10. The molecule has 0 bridgehead atoms. The smallest absolute Gasteiger partial charge is 0.155 e. The molecule has 2 aromatic carbocycles. The van der Waals surface area contributed by atoms with Gasteiger partial charge in [-0.1, -0.05) is 35.3 Å². The van der Waals surface area contributed by atoms with Crippen molar-refractivity contribution in [3.8, 4) is 11.3 Å². The molecule has 0 spiro atoms. The number of halogens is 4. The molecule has 0 saturated carbocycles. The van der Waals surface area contributed by atoms with E-state index < -0.39 is 18.2 Å². The number of nitrogens with zero attached hydrogens (tertiary/aromatic N) is 3. The normalized spacial score (nSPS) is 13.1. The van der Waals surface area contributed by atoms with Crippen LogP contribution < -0.4 is 4.90 Å². The zero-order chi connectivity index (χ0) is 19.1. The molecule has 27 heavy (non-hydrogen) atoms. The van der Waals surface area contributed by atoms with E-state index in [1.807, 2.05) is 12.1 Å². The molecule has 0 aliphatic carbocycles. The minimum atomic E-state index is -0.806. The summed E-state index contributed by atoms with van der Waals surface area (Å²) in [6.07, 6.45) is 3.33. The lowest BCUT2D eigenvalue weighted by Crippen LogP contribution is -2.25. The van der Waals surface area contributed by atoms with Crippen molar-refractivity contribution in [2.24, 2.45) is 0 Å². The Morgan fingerprint density at radius 2 is 1.81 bits per heavy atom. The zero-order valence-electron chi connectivity index (χ0n) is 13.8. The third-order valence-electron chi connectivity index (χ3n) is 4.38. The van der Waals surface area contributed by atoms with Crippen LogP contribution in [0.4, 0.5) is 14.5 Å². The predicted octanol–water partition coefficient (Wildman–Crippen LogP) is 5.08. The Labute approximate surface area is 163 Å². The van der Waals surface area contributed by atoms with Crippen LogP contribution in [-0.4, -0.2) is 14.7 Å². The van der Waals surface area contributed by atoms with Gasteiger partial charge in [-0.2, -0.15) is 0 Å². The first-order valence-electron chi connectivity index (χ1n) is 8.04. The van der Waals surface area contributed by atoms with Crippen LogP contribution in [0.5, 0.6) is 0 Å². The summed E-state index contributed by atoms with van der Waals surface area (Å²) in [4.78, 5) is 6.10. The number of aliphatic hydroxyl groups is 1. The molecule has 0 amide bonds. The van der Waals surface area contributed by atoms with E-state index in [-0.39, 0.29) is 17.9 Å². The van der Waals surface area contributed by atoms with Crippen LogP contribution in [0.3, 0.4) is 0 Å². The first kappa shape index (κ1) is 18.0. The second-order valence-corrected chi connectivity index (χ2v) is 6.78. The maximum atomic E-state index is 14.6. The Balaban J connectivity index is 1.71. The molecule has 0 radical (unpaired) electrons. The summed E-state index contributed by atoms with van der Waals surface area (Å²) in [5.41, 5.74) is 1.16. The van der Waals surface area contributed by atoms with Crippen molar-refractivity contribution in [3.05, 3.63) is 75.8 Å². The highest BCUT2D eigenvalue weighted by molar-refractivity contribution is 6.32. The standard InChI is InChI=1S/C19H13Cl2F2N3O/c20-12-3-1-11(2-4-12)18-19(21)26-10-25(8-7-16(26)24-18)15-6-5-14(22)13(9-27)17(15)23/h1-8,27H,9-10H2. The number of hydrogen-bond donors (Lipinski definition) is 1. The van der Waals surface area contributed by atoms with Gasteiger partial charge in [-0.15, -0.1) is 0 Å². The highest BCUT2D eigenvalue weighted by atomic mass is 35.5. The van der Waals surface area contributed by atoms with E-state index in [1.165, 1.54) is 6.07 Å². The van der Waals surface area contributed by atoms with Crippen molar-refractivity contribution in [2.75, 3.05) is 4.90 Å². The molecule has 1 aliphatic heterocycles. The number of aromatic nitrogens is 2. The van der Waals surface area contributed by atoms with E-state index in [0.29, 0.717) is 21.7 Å². The summed E-state index contributed by atoms with van der Waals surface area (Å²) >= 11 is 12.4. The second kappa shape index (κ2) is 6.96. The Hall–Kier alpha value is -2.41. The average molecular weight is 408 g/mol. The molecular weight excluding hydrogens is 395 g/mol. The summed E-state index contributed by atoms with van der Waals surface area (Å²) in [5, 5.41) is 10.2. The fourth-order valence-electron chi connectivity index (χ4n) is 2.97. The van der Waals surface area contributed by atoms with Crippen LogP contribution in [-0.2, 0) is 13.3 Å². The Bertz CT molecular complexity index is 1050. The van der Waals surface area contributed by atoms with E-state index >= 15 is 0 Å². The van der Waals surface area contributed by atoms with Crippen molar-refractivity contribution in [3.63, 3.8) is 0 Å². The van der Waals surface area contributed by atoms with E-state index in [0.717, 1.165) is 11.6 Å². The topological polar surface area (TPSA) is 41.3 Å². The average Bonchev–Trinajstić information content (AvgIpc) is 2.99. The van der Waals surface area contributed by atoms with Crippen LogP contribution in [0, 0.1) is 11.6 Å². The number of hydrogen-bond acceptors (Lipinski definition) is 3. The van der Waals surface area contributed by atoms with Gasteiger partial charge in [0.1, 0.15) is 29.2 Å². The van der Waals surface area contributed by atoms with Gasteiger partial charge in [0.05, 0.1) is 17.9 Å². The zero-order valence-corrected chi connectivity index (χ0v) is 15.3. The molecule has 0 atom stereocenters. The molecule has 1 aromatic heterocycles. The van der Waals surface area contributed by atoms with Gasteiger partial charge in [-0.25, -0.2) is 13.8 Å². The molecule has 4 nitrogen and oxygen atoms in total. The quantitative estimate of drug-likeness (QED) is 0.658. The van der Waals surface area contributed by atoms with Crippen molar-refractivity contribution >= 4 is 35.0 Å². The Kier molecular flexibility index (Phi) is 4.63. The van der Waals surface area contributed by atoms with Gasteiger partial charge in [0.25, 0.3) is 0 Å². The molecule has 4 rings (SSSR count). The molecule has 1 N–H and O–H groups in total. The number of imidazole rings is 1. The predicted molar refractivity (Wildman–Crippen MR) is 101 cm³/mol. The number of fused-ring (bicyclic) bond motifs is 1. The fourth-order valence-corrected chi connectivity index (χ4v) is 3.38. The van der Waals surface area contributed by atoms with Crippen molar-refractivity contribution < 1.29 is 13.9 Å². The molecule has 0 unspecified atom stereocenters. The van der Waals surface area contributed by atoms with Crippen molar-refractivity contribution in [1.29, 1.82) is 0 Å². The lowest BCUT2D eigenvalue weighted by molar-refractivity contribution is 0.269. The second-order valence-electron chi connectivity index (χ2n) is 5.99. The van der Waals surface area contributed by atoms with E-state index in [9.17, 15) is 13.9 Å². The first-order chi connectivity index (χ1) is 13.0. The lowest BCUT2D eigenvalue weighted by atomic mass is 10.1. The summed E-state index contributed by atoms with van der Waals surface area (Å²) in [6, 6.07) is 9.58. The van der Waals surface area contributed by atoms with Gasteiger partial charge in [0.2, 0.25) is 0 Å². The molecule has 138 valence electrons. The first-order valence-corrected chi connectivity index (χ1v) is 8.79. The minimum absolute atomic E-state index is 0.139. The molecule has 8 heteroatoms. The van der Waals surface area contributed by atoms with Gasteiger partial charge in [0.15, 0.2) is 5.82 Å². The SMILES string of the molecule is OCc1c(F)ccc(N2C=Cc3nc(-c4ccc(Cl)cc4)c(Cl)n3C2)c1F. The van der Waals surface area contributed by atoms with Gasteiger partial charge in [-0.3, -0.25) is 4.57 Å². The molecule has 1 aliphatic rings. The third-order valence-corrected chi connectivity index (χ3v) is 5.02. The molecule has 2 heterocycles. The van der Waals surface area contributed by atoms with Crippen LogP contribution in [0.25, 0.3) is 17.3 Å². The van der Waals surface area contributed by atoms with Gasteiger partial charge < -0.3 is 10.0 Å². The largest absolute Gasteiger partial charge is 0.391 e. The molecule has 3 aromatic rings. The van der Waals surface area contributed by atoms with Crippen molar-refractivity contribution in [2.45, 2.75) is 13.3 Å². The maximum Gasteiger partial charge on any atom is 0.155 e. The maximum absolute atomic E-state index is 14.6. The lowest BCUT2D eigenvalue weighted by Gasteiger charge is -2.26. The van der Waals surface area contributed by atoms with Gasteiger partial charge in [0, 0.05) is 16.8 Å². The van der Waals surface area contributed by atoms with Crippen molar-refractivity contribution in [1.82, 2.24) is 9.55 Å². The van der Waals surface area contributed by atoms with Gasteiger partial charge in [-0.05, 0) is 30.3 Å². The summed E-state index contributed by atoms with van der Waals surface area (Å²) in [5.74, 6) is -0.975. The van der Waals surface area contributed by atoms with E-state index in [1.54, 1.807) is 33.9 Å². The van der Waals surface area contributed by atoms with E-state index in [4.69, 9.17) is 23.2 Å². The summed E-state index contributed by atoms with van der Waals surface area (Å²) in [7, 11) is 0. The van der Waals surface area contributed by atoms with Gasteiger partial charge >= 0.3 is 0 Å². The minimum Gasteiger partial charge on any atom is -0.391 e. The highest BCUT2D eigenvalue weighted by Crippen LogP contribution is 2.34. The fraction of sp³-hybridized carbons (Fsp3) is 0.105. The number of benzene rings is 2. The summed E-state index contributed by atoms with van der Waals surface area (Å²) < 4.78 is 29.9. The highest BCUT2D eigenvalue weighted by Gasteiger charge is 2.23. The number of anilines is 1. The van der Waals surface area contributed by atoms with Crippen LogP contribution >= 0.6 is 23.2 Å². The molecular formula is C19H13Cl2F2N3O. The number of aliphatic hydroxyl groups excluding tert-OH is 1. The molecule has 0 saturated heterocycles. The summed E-state index contributed by atoms with van der Waals surface area (Å²) in [6.45, 7) is -0.528. The van der Waals surface area contributed by atoms with Crippen LogP contribution in [0.1, 0.15) is 11.4 Å². The Morgan fingerprint density at radius 1 is 1.07 bits per heavy atom. The monoisotopic (exact) mass is 407 g/mol. The van der Waals surface area contributed by atoms with E-state index in [2.05, 4.69) is 4.98 Å².